The SMILES string of the molecule is CC(=O)CCc1cc([N+](=O)[O-])[nH]n1. The maximum atomic E-state index is 10.6. The maximum Gasteiger partial charge on any atom is 0.342 e. The Kier molecular flexibility index (Phi) is 2.73. The van der Waals surface area contributed by atoms with Crippen molar-refractivity contribution >= 4 is 11.6 Å². The van der Waals surface area contributed by atoms with Crippen LogP contribution in [0.15, 0.2) is 6.07 Å². The van der Waals surface area contributed by atoms with Gasteiger partial charge in [0.25, 0.3) is 0 Å². The second-order valence-corrected chi connectivity index (χ2v) is 2.70. The minimum Gasteiger partial charge on any atom is -0.358 e. The van der Waals surface area contributed by atoms with Crippen LogP contribution in [0.1, 0.15) is 19.0 Å². The van der Waals surface area contributed by atoms with E-state index >= 15 is 0 Å². The van der Waals surface area contributed by atoms with Gasteiger partial charge in [-0.2, -0.15) is 0 Å². The van der Waals surface area contributed by atoms with Gasteiger partial charge in [0.1, 0.15) is 5.78 Å². The molecule has 0 amide bonds. The summed E-state index contributed by atoms with van der Waals surface area (Å²) >= 11 is 0. The first-order chi connectivity index (χ1) is 6.09. The van der Waals surface area contributed by atoms with E-state index in [2.05, 4.69) is 10.2 Å². The molecule has 1 aromatic heterocycles. The number of aromatic amines is 1. The number of hydrogen-bond acceptors (Lipinski definition) is 4. The number of ketones is 1. The van der Waals surface area contributed by atoms with Gasteiger partial charge in [-0.3, -0.25) is 0 Å². The molecule has 1 rings (SSSR count). The highest BCUT2D eigenvalue weighted by Gasteiger charge is 2.09. The summed E-state index contributed by atoms with van der Waals surface area (Å²) in [4.78, 5) is 20.3. The molecule has 0 aliphatic heterocycles. The molecule has 1 heterocycles. The summed E-state index contributed by atoms with van der Waals surface area (Å²) in [6.45, 7) is 1.47. The quantitative estimate of drug-likeness (QED) is 0.553. The van der Waals surface area contributed by atoms with Crippen LogP contribution < -0.4 is 0 Å². The number of aromatic nitrogens is 2. The second-order valence-electron chi connectivity index (χ2n) is 2.70. The molecule has 70 valence electrons. The van der Waals surface area contributed by atoms with E-state index in [4.69, 9.17) is 0 Å². The lowest BCUT2D eigenvalue weighted by atomic mass is 10.2. The summed E-state index contributed by atoms with van der Waals surface area (Å²) in [6, 6.07) is 1.34. The van der Waals surface area contributed by atoms with Crippen LogP contribution >= 0.6 is 0 Å². The molecule has 0 aliphatic carbocycles. The zero-order chi connectivity index (χ0) is 9.84. The summed E-state index contributed by atoms with van der Waals surface area (Å²) in [5, 5.41) is 16.2. The monoisotopic (exact) mass is 183 g/mol. The van der Waals surface area contributed by atoms with Gasteiger partial charge in [-0.1, -0.05) is 5.10 Å². The number of aryl methyl sites for hydroxylation is 1. The Morgan fingerprint density at radius 1 is 1.77 bits per heavy atom. The van der Waals surface area contributed by atoms with Crippen LogP contribution in [0.4, 0.5) is 5.82 Å². The van der Waals surface area contributed by atoms with Crippen molar-refractivity contribution in [3.8, 4) is 0 Å². The lowest BCUT2D eigenvalue weighted by Gasteiger charge is -1.88. The van der Waals surface area contributed by atoms with Crippen molar-refractivity contribution in [3.63, 3.8) is 0 Å². The van der Waals surface area contributed by atoms with Crippen LogP contribution in [-0.4, -0.2) is 20.9 Å². The van der Waals surface area contributed by atoms with Crippen LogP contribution in [-0.2, 0) is 11.2 Å². The Bertz CT molecular complexity index is 331. The van der Waals surface area contributed by atoms with Crippen LogP contribution in [0, 0.1) is 10.1 Å². The summed E-state index contributed by atoms with van der Waals surface area (Å²) in [5.74, 6) is -0.0933. The molecule has 0 aliphatic rings. The van der Waals surface area contributed by atoms with Gasteiger partial charge >= 0.3 is 5.82 Å². The van der Waals surface area contributed by atoms with Crippen molar-refractivity contribution in [1.29, 1.82) is 0 Å². The zero-order valence-corrected chi connectivity index (χ0v) is 7.11. The Morgan fingerprint density at radius 2 is 2.46 bits per heavy atom. The number of Topliss-reactive ketones (excluding diaryl/α,β-unsaturated/α-hetero) is 1. The van der Waals surface area contributed by atoms with E-state index in [-0.39, 0.29) is 11.6 Å². The fourth-order valence-corrected chi connectivity index (χ4v) is 0.877. The topological polar surface area (TPSA) is 88.9 Å². The molecule has 6 nitrogen and oxygen atoms in total. The zero-order valence-electron chi connectivity index (χ0n) is 7.11. The van der Waals surface area contributed by atoms with Crippen molar-refractivity contribution in [1.82, 2.24) is 10.2 Å². The molecule has 1 N–H and O–H groups in total. The predicted octanol–water partition coefficient (Wildman–Crippen LogP) is 0.839. The number of carbonyl (C=O) groups excluding carboxylic acids is 1. The average molecular weight is 183 g/mol. The van der Waals surface area contributed by atoms with Crippen LogP contribution in [0.2, 0.25) is 0 Å². The maximum absolute atomic E-state index is 10.6. The molecule has 0 saturated heterocycles. The van der Waals surface area contributed by atoms with Crippen molar-refractivity contribution < 1.29 is 9.72 Å². The normalized spacial score (nSPS) is 9.92. The van der Waals surface area contributed by atoms with Gasteiger partial charge < -0.3 is 14.9 Å². The van der Waals surface area contributed by atoms with Crippen molar-refractivity contribution in [2.45, 2.75) is 19.8 Å². The fourth-order valence-electron chi connectivity index (χ4n) is 0.877. The fraction of sp³-hybridized carbons (Fsp3) is 0.429. The third kappa shape index (κ3) is 2.66. The minimum absolute atomic E-state index is 0.0469. The Hall–Kier alpha value is -1.72. The molecule has 0 saturated carbocycles. The van der Waals surface area contributed by atoms with Gasteiger partial charge in [0, 0.05) is 12.8 Å². The predicted molar refractivity (Wildman–Crippen MR) is 44.2 cm³/mol. The third-order valence-corrected chi connectivity index (χ3v) is 1.55. The van der Waals surface area contributed by atoms with Gasteiger partial charge in [-0.05, 0) is 11.8 Å². The highest BCUT2D eigenvalue weighted by atomic mass is 16.6. The van der Waals surface area contributed by atoms with Gasteiger partial charge in [0.2, 0.25) is 0 Å². The van der Waals surface area contributed by atoms with E-state index in [1.54, 1.807) is 0 Å². The van der Waals surface area contributed by atoms with Gasteiger partial charge in [-0.25, -0.2) is 0 Å². The molecule has 1 aromatic rings. The lowest BCUT2D eigenvalue weighted by molar-refractivity contribution is -0.389. The smallest absolute Gasteiger partial charge is 0.342 e. The Morgan fingerprint density at radius 3 is 2.92 bits per heavy atom. The Labute approximate surface area is 74.1 Å². The number of nitrogens with zero attached hydrogens (tertiary/aromatic N) is 2. The molecule has 0 aromatic carbocycles. The average Bonchev–Trinajstić information content (AvgIpc) is 2.48. The molecule has 0 bridgehead atoms. The standard InChI is InChI=1S/C7H9N3O3/c1-5(11)2-3-6-4-7(9-8-6)10(12)13/h4H,2-3H2,1H3,(H,8,9). The molecule has 0 fully saturated rings. The molecule has 0 radical (unpaired) electrons. The Balaban J connectivity index is 2.59. The first-order valence-electron chi connectivity index (χ1n) is 3.77. The van der Waals surface area contributed by atoms with Gasteiger partial charge in [0.15, 0.2) is 0 Å². The van der Waals surface area contributed by atoms with Crippen molar-refractivity contribution in [3.05, 3.63) is 21.9 Å². The first kappa shape index (κ1) is 9.37. The highest BCUT2D eigenvalue weighted by molar-refractivity contribution is 5.75. The first-order valence-corrected chi connectivity index (χ1v) is 3.77. The van der Waals surface area contributed by atoms with E-state index < -0.39 is 4.92 Å². The number of carbonyl (C=O) groups is 1. The molecule has 0 spiro atoms. The summed E-state index contributed by atoms with van der Waals surface area (Å²) in [7, 11) is 0. The number of nitrogens with one attached hydrogen (secondary N) is 1. The van der Waals surface area contributed by atoms with Crippen molar-refractivity contribution in [2.75, 3.05) is 0 Å². The summed E-state index contributed by atoms with van der Waals surface area (Å²) in [6.07, 6.45) is 0.807. The molecule has 13 heavy (non-hydrogen) atoms. The summed E-state index contributed by atoms with van der Waals surface area (Å²) < 4.78 is 0. The molecule has 0 unspecified atom stereocenters. The molecule has 6 heteroatoms. The molecule has 0 atom stereocenters. The number of hydrogen-bond donors (Lipinski definition) is 1. The van der Waals surface area contributed by atoms with Gasteiger partial charge in [-0.15, -0.1) is 5.10 Å². The largest absolute Gasteiger partial charge is 0.358 e. The molecular weight excluding hydrogens is 174 g/mol. The number of rotatable bonds is 4. The lowest BCUT2D eigenvalue weighted by Crippen LogP contribution is -1.93. The van der Waals surface area contributed by atoms with Crippen molar-refractivity contribution in [2.24, 2.45) is 0 Å². The van der Waals surface area contributed by atoms with Gasteiger partial charge in [0.05, 0.1) is 11.8 Å². The summed E-state index contributed by atoms with van der Waals surface area (Å²) in [5.41, 5.74) is 0.543. The third-order valence-electron chi connectivity index (χ3n) is 1.55. The number of nitro groups is 1. The van der Waals surface area contributed by atoms with E-state index in [9.17, 15) is 14.9 Å². The minimum atomic E-state index is -0.551. The number of H-pyrrole nitrogens is 1. The highest BCUT2D eigenvalue weighted by Crippen LogP contribution is 2.09. The van der Waals surface area contributed by atoms with Crippen LogP contribution in [0.3, 0.4) is 0 Å². The molecular formula is C7H9N3O3. The second kappa shape index (κ2) is 3.79. The van der Waals surface area contributed by atoms with Crippen LogP contribution in [0.5, 0.6) is 0 Å². The van der Waals surface area contributed by atoms with E-state index in [1.807, 2.05) is 0 Å². The van der Waals surface area contributed by atoms with E-state index in [1.165, 1.54) is 13.0 Å². The van der Waals surface area contributed by atoms with E-state index in [0.717, 1.165) is 0 Å². The van der Waals surface area contributed by atoms with Crippen LogP contribution in [0.25, 0.3) is 0 Å². The van der Waals surface area contributed by atoms with E-state index in [0.29, 0.717) is 18.5 Å².